The van der Waals surface area contributed by atoms with Crippen LogP contribution < -0.4 is 0 Å². The molecule has 0 aromatic carbocycles. The highest BCUT2D eigenvalue weighted by molar-refractivity contribution is 7.93. The van der Waals surface area contributed by atoms with Gasteiger partial charge in [-0.2, -0.15) is 8.42 Å². The first kappa shape index (κ1) is 25.3. The predicted octanol–water partition coefficient (Wildman–Crippen LogP) is 4.97. The maximum atomic E-state index is 11.2. The van der Waals surface area contributed by atoms with Crippen LogP contribution in [0.4, 0.5) is 0 Å². The molecule has 3 N–H and O–H groups in total. The van der Waals surface area contributed by atoms with Crippen LogP contribution >= 0.6 is 7.60 Å². The summed E-state index contributed by atoms with van der Waals surface area (Å²) in [4.78, 5) is 16.0. The third kappa shape index (κ3) is 12.6. The van der Waals surface area contributed by atoms with Crippen LogP contribution in [0.15, 0.2) is 34.9 Å². The molecule has 0 aliphatic rings. The Labute approximate surface area is 158 Å². The van der Waals surface area contributed by atoms with Gasteiger partial charge in [0.15, 0.2) is 4.99 Å². The molecule has 0 aromatic heterocycles. The maximum absolute atomic E-state index is 11.2. The number of rotatable bonds is 12. The average molecular weight is 410 g/mol. The van der Waals surface area contributed by atoms with Gasteiger partial charge in [-0.1, -0.05) is 34.9 Å². The molecule has 0 saturated heterocycles. The van der Waals surface area contributed by atoms with Crippen molar-refractivity contribution in [1.82, 2.24) is 0 Å². The Morgan fingerprint density at radius 2 is 1.58 bits per heavy atom. The van der Waals surface area contributed by atoms with Crippen LogP contribution in [0.2, 0.25) is 0 Å². The van der Waals surface area contributed by atoms with Crippen molar-refractivity contribution >= 4 is 17.7 Å². The zero-order valence-electron chi connectivity index (χ0n) is 16.2. The van der Waals surface area contributed by atoms with Crippen molar-refractivity contribution < 1.29 is 27.3 Å². The minimum Gasteiger partial charge on any atom is -0.323 e. The maximum Gasteiger partial charge on any atom is 0.346 e. The van der Waals surface area contributed by atoms with Gasteiger partial charge >= 0.3 is 7.60 Å². The SMILES string of the molecule is CC(C)=CCC/C(C)=C/CC/C(C)=C/[14CH2]CCC(P(=O)(O)O)S(=O)(=O)O. The number of hydrogen-bond acceptors (Lipinski definition) is 3. The summed E-state index contributed by atoms with van der Waals surface area (Å²) in [6.45, 7) is 8.28. The van der Waals surface area contributed by atoms with Crippen LogP contribution in [0, 0.1) is 0 Å². The van der Waals surface area contributed by atoms with Crippen molar-refractivity contribution in [3.8, 4) is 0 Å². The van der Waals surface area contributed by atoms with Gasteiger partial charge in [-0.25, -0.2) is 0 Å². The lowest BCUT2D eigenvalue weighted by Crippen LogP contribution is -2.20. The van der Waals surface area contributed by atoms with Crippen LogP contribution in [0.5, 0.6) is 0 Å². The molecule has 0 bridgehead atoms. The standard InChI is InChI=1S/C18H33O6PS/c1-15(2)9-7-11-17(4)13-8-12-16(3)10-5-6-14-18(25(19,20)21)26(22,23)24/h9-10,13,18H,5-8,11-12,14H2,1-4H3,(H2,19,20,21)(H,22,23,24)/b16-10+,17-13+/i5+2. The second kappa shape index (κ2) is 11.9. The minimum absolute atomic E-state index is 0.268. The Morgan fingerprint density at radius 3 is 2.08 bits per heavy atom. The first-order valence-corrected chi connectivity index (χ1v) is 12.0. The second-order valence-electron chi connectivity index (χ2n) is 6.95. The summed E-state index contributed by atoms with van der Waals surface area (Å²) in [5.41, 5.74) is 3.83. The van der Waals surface area contributed by atoms with E-state index in [2.05, 4.69) is 32.9 Å². The lowest BCUT2D eigenvalue weighted by molar-refractivity contribution is 0.360. The van der Waals surface area contributed by atoms with E-state index in [-0.39, 0.29) is 12.8 Å². The second-order valence-corrected chi connectivity index (χ2v) is 10.7. The van der Waals surface area contributed by atoms with Crippen LogP contribution in [0.3, 0.4) is 0 Å². The normalized spacial score (nSPS) is 15.0. The topological polar surface area (TPSA) is 112 Å². The summed E-state index contributed by atoms with van der Waals surface area (Å²) in [6, 6.07) is 0. The molecule has 0 heterocycles. The van der Waals surface area contributed by atoms with E-state index in [1.165, 1.54) is 11.1 Å². The van der Waals surface area contributed by atoms with E-state index in [4.69, 9.17) is 14.3 Å². The first-order chi connectivity index (χ1) is 11.8. The highest BCUT2D eigenvalue weighted by Gasteiger charge is 2.38. The van der Waals surface area contributed by atoms with Gasteiger partial charge in [0.05, 0.1) is 0 Å². The van der Waals surface area contributed by atoms with Gasteiger partial charge in [0.1, 0.15) is 0 Å². The molecule has 26 heavy (non-hydrogen) atoms. The molecule has 152 valence electrons. The molecule has 1 atom stereocenters. The van der Waals surface area contributed by atoms with Crippen molar-refractivity contribution in [2.24, 2.45) is 0 Å². The van der Waals surface area contributed by atoms with Gasteiger partial charge in [0.25, 0.3) is 10.1 Å². The van der Waals surface area contributed by atoms with E-state index >= 15 is 0 Å². The van der Waals surface area contributed by atoms with Gasteiger partial charge in [0.2, 0.25) is 0 Å². The number of unbranched alkanes of at least 4 members (excludes halogenated alkanes) is 1. The molecule has 0 radical (unpaired) electrons. The summed E-state index contributed by atoms with van der Waals surface area (Å²) in [6.07, 6.45) is 10.8. The molecule has 0 rings (SSSR count). The number of hydrogen-bond donors (Lipinski definition) is 3. The van der Waals surface area contributed by atoms with Crippen LogP contribution in [0.1, 0.15) is 72.6 Å². The zero-order valence-corrected chi connectivity index (χ0v) is 17.9. The van der Waals surface area contributed by atoms with Crippen LogP contribution in [-0.2, 0) is 14.7 Å². The Morgan fingerprint density at radius 1 is 1.04 bits per heavy atom. The van der Waals surface area contributed by atoms with Crippen molar-refractivity contribution in [2.45, 2.75) is 77.6 Å². The van der Waals surface area contributed by atoms with E-state index in [1.807, 2.05) is 13.0 Å². The highest BCUT2D eigenvalue weighted by atomic mass is 32.2. The molecule has 8 heteroatoms. The van der Waals surface area contributed by atoms with E-state index in [0.717, 1.165) is 31.3 Å². The molecule has 0 fully saturated rings. The Balaban J connectivity index is 4.30. The Kier molecular flexibility index (Phi) is 11.6. The van der Waals surface area contributed by atoms with Gasteiger partial charge in [-0.05, 0) is 72.6 Å². The molecule has 6 nitrogen and oxygen atoms in total. The fourth-order valence-corrected chi connectivity index (χ4v) is 4.84. The molecule has 0 saturated carbocycles. The summed E-state index contributed by atoms with van der Waals surface area (Å²) in [5, 5.41) is 0. The van der Waals surface area contributed by atoms with Gasteiger partial charge < -0.3 is 9.79 Å². The van der Waals surface area contributed by atoms with E-state index in [0.29, 0.717) is 6.42 Å². The van der Waals surface area contributed by atoms with Crippen molar-refractivity contribution in [3.05, 3.63) is 34.9 Å². The molecular weight excluding hydrogens is 377 g/mol. The largest absolute Gasteiger partial charge is 0.346 e. The van der Waals surface area contributed by atoms with E-state index in [1.54, 1.807) is 0 Å². The van der Waals surface area contributed by atoms with Crippen LogP contribution in [-0.4, -0.2) is 27.7 Å². The summed E-state index contributed by atoms with van der Waals surface area (Å²) < 4.78 is 42.2. The molecule has 0 aliphatic carbocycles. The van der Waals surface area contributed by atoms with Crippen molar-refractivity contribution in [2.75, 3.05) is 0 Å². The first-order valence-electron chi connectivity index (χ1n) is 8.80. The lowest BCUT2D eigenvalue weighted by Gasteiger charge is -2.14. The number of allylic oxidation sites excluding steroid dienone is 6. The molecule has 0 aliphatic heterocycles. The molecule has 0 aromatic rings. The molecule has 0 amide bonds. The van der Waals surface area contributed by atoms with Gasteiger partial charge in [-0.3, -0.25) is 9.12 Å². The fourth-order valence-electron chi connectivity index (χ4n) is 2.47. The molecule has 0 spiro atoms. The van der Waals surface area contributed by atoms with E-state index in [9.17, 15) is 13.0 Å². The lowest BCUT2D eigenvalue weighted by atomic mass is 10.1. The molecular formula is C18H33O6PS. The van der Waals surface area contributed by atoms with E-state index < -0.39 is 22.7 Å². The highest BCUT2D eigenvalue weighted by Crippen LogP contribution is 2.46. The Hall–Kier alpha value is -0.720. The fraction of sp³-hybridized carbons (Fsp3) is 0.667. The Bertz CT molecular complexity index is 666. The average Bonchev–Trinajstić information content (AvgIpc) is 2.43. The van der Waals surface area contributed by atoms with Gasteiger partial charge in [-0.15, -0.1) is 0 Å². The smallest absolute Gasteiger partial charge is 0.323 e. The van der Waals surface area contributed by atoms with Crippen molar-refractivity contribution in [3.63, 3.8) is 0 Å². The summed E-state index contributed by atoms with van der Waals surface area (Å²) in [7, 11) is -9.63. The third-order valence-electron chi connectivity index (χ3n) is 3.99. The quantitative estimate of drug-likeness (QED) is 0.181. The third-order valence-corrected chi connectivity index (χ3v) is 7.54. The zero-order chi connectivity index (χ0) is 20.4. The summed E-state index contributed by atoms with van der Waals surface area (Å²) >= 11 is 0. The summed E-state index contributed by atoms with van der Waals surface area (Å²) in [5.74, 6) is 0. The molecule has 1 unspecified atom stereocenters. The predicted molar refractivity (Wildman–Crippen MR) is 107 cm³/mol. The van der Waals surface area contributed by atoms with Crippen LogP contribution in [0.25, 0.3) is 0 Å². The minimum atomic E-state index is -4.88. The monoisotopic (exact) mass is 410 g/mol. The van der Waals surface area contributed by atoms with Gasteiger partial charge in [0, 0.05) is 0 Å². The van der Waals surface area contributed by atoms with Crippen molar-refractivity contribution in [1.29, 1.82) is 0 Å².